The van der Waals surface area contributed by atoms with Crippen molar-refractivity contribution in [3.8, 4) is 0 Å². The molecule has 0 aliphatic rings. The van der Waals surface area contributed by atoms with Gasteiger partial charge in [-0.1, -0.05) is 31.2 Å². The maximum atomic E-state index is 12.4. The van der Waals surface area contributed by atoms with Gasteiger partial charge in [0.05, 0.1) is 21.3 Å². The Morgan fingerprint density at radius 1 is 1.11 bits per heavy atom. The molecular weight excluding hydrogens is 366 g/mol. The van der Waals surface area contributed by atoms with Crippen molar-refractivity contribution in [3.05, 3.63) is 59.7 Å². The van der Waals surface area contributed by atoms with Gasteiger partial charge in [-0.25, -0.2) is 4.79 Å². The first-order valence-electron chi connectivity index (χ1n) is 8.43. The van der Waals surface area contributed by atoms with Crippen LogP contribution in [0.5, 0.6) is 0 Å². The predicted octanol–water partition coefficient (Wildman–Crippen LogP) is 3.20. The summed E-state index contributed by atoms with van der Waals surface area (Å²) in [5.74, 6) is -0.996. The molecule has 1 N–H and O–H groups in total. The maximum Gasteiger partial charge on any atom is 0.340 e. The average Bonchev–Trinajstić information content (AvgIpc) is 2.67. The zero-order valence-electron chi connectivity index (χ0n) is 15.4. The van der Waals surface area contributed by atoms with Crippen molar-refractivity contribution in [2.45, 2.75) is 31.8 Å². The van der Waals surface area contributed by atoms with E-state index in [0.717, 1.165) is 0 Å². The lowest BCUT2D eigenvalue weighted by Crippen LogP contribution is -2.30. The van der Waals surface area contributed by atoms with E-state index < -0.39 is 28.8 Å². The smallest absolute Gasteiger partial charge is 0.340 e. The highest BCUT2D eigenvalue weighted by Crippen LogP contribution is 2.17. The number of carbonyl (C=O) groups excluding carboxylic acids is 3. The fourth-order valence-electron chi connectivity index (χ4n) is 2.33. The molecule has 1 amide bonds. The van der Waals surface area contributed by atoms with Crippen LogP contribution in [-0.2, 0) is 20.3 Å². The SMILES string of the molecule is CC[S@](=O)c1ccccc1C(=O)O[C@@H](C)C(=O)Nc1cccc(C(C)=O)c1. The summed E-state index contributed by atoms with van der Waals surface area (Å²) in [4.78, 5) is 36.5. The van der Waals surface area contributed by atoms with Crippen molar-refractivity contribution in [2.24, 2.45) is 0 Å². The summed E-state index contributed by atoms with van der Waals surface area (Å²) >= 11 is 0. The molecule has 0 aliphatic carbocycles. The third-order valence-corrected chi connectivity index (χ3v) is 5.18. The number of carbonyl (C=O) groups is 3. The van der Waals surface area contributed by atoms with Gasteiger partial charge < -0.3 is 10.1 Å². The van der Waals surface area contributed by atoms with E-state index in [4.69, 9.17) is 4.74 Å². The van der Waals surface area contributed by atoms with E-state index in [-0.39, 0.29) is 11.3 Å². The van der Waals surface area contributed by atoms with Crippen LogP contribution in [0.25, 0.3) is 0 Å². The fraction of sp³-hybridized carbons (Fsp3) is 0.250. The third-order valence-electron chi connectivity index (χ3n) is 3.80. The Bertz CT molecular complexity index is 893. The minimum Gasteiger partial charge on any atom is -0.449 e. The van der Waals surface area contributed by atoms with Gasteiger partial charge in [0.15, 0.2) is 11.9 Å². The summed E-state index contributed by atoms with van der Waals surface area (Å²) < 4.78 is 17.3. The van der Waals surface area contributed by atoms with Crippen molar-refractivity contribution in [1.29, 1.82) is 0 Å². The molecule has 0 spiro atoms. The van der Waals surface area contributed by atoms with Crippen LogP contribution in [0.3, 0.4) is 0 Å². The zero-order chi connectivity index (χ0) is 20.0. The molecule has 142 valence electrons. The Morgan fingerprint density at radius 2 is 1.81 bits per heavy atom. The molecule has 27 heavy (non-hydrogen) atoms. The lowest BCUT2D eigenvalue weighted by Gasteiger charge is -2.15. The Morgan fingerprint density at radius 3 is 2.48 bits per heavy atom. The highest BCUT2D eigenvalue weighted by Gasteiger charge is 2.22. The molecule has 0 saturated carbocycles. The number of hydrogen-bond donors (Lipinski definition) is 1. The average molecular weight is 387 g/mol. The van der Waals surface area contributed by atoms with Crippen molar-refractivity contribution in [2.75, 3.05) is 11.1 Å². The number of hydrogen-bond acceptors (Lipinski definition) is 5. The van der Waals surface area contributed by atoms with Crippen LogP contribution in [-0.4, -0.2) is 33.7 Å². The van der Waals surface area contributed by atoms with Crippen LogP contribution in [0, 0.1) is 0 Å². The Kier molecular flexibility index (Phi) is 7.01. The third kappa shape index (κ3) is 5.34. The molecule has 2 rings (SSSR count). The summed E-state index contributed by atoms with van der Waals surface area (Å²) in [7, 11) is -1.32. The van der Waals surface area contributed by atoms with Gasteiger partial charge >= 0.3 is 5.97 Å². The van der Waals surface area contributed by atoms with Crippen LogP contribution in [0.2, 0.25) is 0 Å². The van der Waals surface area contributed by atoms with E-state index >= 15 is 0 Å². The summed E-state index contributed by atoms with van der Waals surface area (Å²) in [6, 6.07) is 12.9. The molecule has 0 bridgehead atoms. The molecule has 2 atom stereocenters. The van der Waals surface area contributed by atoms with Gasteiger partial charge in [-0.3, -0.25) is 13.8 Å². The molecule has 0 unspecified atom stereocenters. The normalized spacial score (nSPS) is 12.7. The van der Waals surface area contributed by atoms with E-state index in [2.05, 4.69) is 5.32 Å². The first kappa shape index (κ1) is 20.5. The molecule has 0 radical (unpaired) electrons. The summed E-state index contributed by atoms with van der Waals surface area (Å²) in [5.41, 5.74) is 1.08. The molecule has 7 heteroatoms. The molecule has 0 aliphatic heterocycles. The lowest BCUT2D eigenvalue weighted by molar-refractivity contribution is -0.123. The lowest BCUT2D eigenvalue weighted by atomic mass is 10.1. The molecule has 0 heterocycles. The fourth-order valence-corrected chi connectivity index (χ4v) is 3.26. The number of benzene rings is 2. The van der Waals surface area contributed by atoms with E-state index in [0.29, 0.717) is 21.9 Å². The minimum absolute atomic E-state index is 0.119. The number of rotatable bonds is 7. The van der Waals surface area contributed by atoms with Gasteiger partial charge in [0.25, 0.3) is 5.91 Å². The maximum absolute atomic E-state index is 12.4. The number of anilines is 1. The predicted molar refractivity (Wildman–Crippen MR) is 103 cm³/mol. The number of nitrogens with one attached hydrogen (secondary N) is 1. The van der Waals surface area contributed by atoms with Gasteiger partial charge in [0.1, 0.15) is 0 Å². The van der Waals surface area contributed by atoms with Gasteiger partial charge in [-0.15, -0.1) is 0 Å². The highest BCUT2D eigenvalue weighted by atomic mass is 32.2. The van der Waals surface area contributed by atoms with Crippen molar-refractivity contribution >= 4 is 34.1 Å². The molecule has 2 aromatic rings. The van der Waals surface area contributed by atoms with Crippen molar-refractivity contribution < 1.29 is 23.3 Å². The highest BCUT2D eigenvalue weighted by molar-refractivity contribution is 7.85. The minimum atomic E-state index is -1.32. The number of Topliss-reactive ketones (excluding diaryl/α,β-unsaturated/α-hetero) is 1. The quantitative estimate of drug-likeness (QED) is 0.582. The molecular formula is C20H21NO5S. The van der Waals surface area contributed by atoms with E-state index in [1.165, 1.54) is 19.9 Å². The Hall–Kier alpha value is -2.80. The molecule has 0 saturated heterocycles. The van der Waals surface area contributed by atoms with E-state index in [1.807, 2.05) is 0 Å². The van der Waals surface area contributed by atoms with Gasteiger partial charge in [-0.05, 0) is 38.1 Å². The molecule has 0 aromatic heterocycles. The Balaban J connectivity index is 2.08. The van der Waals surface area contributed by atoms with E-state index in [9.17, 15) is 18.6 Å². The second-order valence-electron chi connectivity index (χ2n) is 5.80. The number of esters is 1. The second kappa shape index (κ2) is 9.23. The Labute approximate surface area is 160 Å². The summed E-state index contributed by atoms with van der Waals surface area (Å²) in [5, 5.41) is 2.61. The summed E-state index contributed by atoms with van der Waals surface area (Å²) in [6.07, 6.45) is -1.07. The van der Waals surface area contributed by atoms with Crippen LogP contribution in [0.1, 0.15) is 41.5 Å². The zero-order valence-corrected chi connectivity index (χ0v) is 16.2. The standard InChI is InChI=1S/C20H21NO5S/c1-4-27(25)18-11-6-5-10-17(18)20(24)26-14(3)19(23)21-16-9-7-8-15(12-16)13(2)22/h5-12,14H,4H2,1-3H3,(H,21,23)/t14-,27-/m0/s1. The molecule has 0 fully saturated rings. The van der Waals surface area contributed by atoms with Crippen molar-refractivity contribution in [1.82, 2.24) is 0 Å². The first-order chi connectivity index (χ1) is 12.8. The van der Waals surface area contributed by atoms with Crippen LogP contribution >= 0.6 is 0 Å². The molecule has 6 nitrogen and oxygen atoms in total. The van der Waals surface area contributed by atoms with Crippen molar-refractivity contribution in [3.63, 3.8) is 0 Å². The van der Waals surface area contributed by atoms with Gasteiger partial charge in [-0.2, -0.15) is 0 Å². The van der Waals surface area contributed by atoms with Crippen LogP contribution in [0.15, 0.2) is 53.4 Å². The van der Waals surface area contributed by atoms with Gasteiger partial charge in [0, 0.05) is 17.0 Å². The topological polar surface area (TPSA) is 89.5 Å². The first-order valence-corrected chi connectivity index (χ1v) is 9.75. The number of ketones is 1. The largest absolute Gasteiger partial charge is 0.449 e. The number of amides is 1. The monoisotopic (exact) mass is 387 g/mol. The number of ether oxygens (including phenoxy) is 1. The summed E-state index contributed by atoms with van der Waals surface area (Å²) in [6.45, 7) is 4.63. The van der Waals surface area contributed by atoms with Crippen LogP contribution < -0.4 is 5.32 Å². The van der Waals surface area contributed by atoms with Crippen LogP contribution in [0.4, 0.5) is 5.69 Å². The van der Waals surface area contributed by atoms with Gasteiger partial charge in [0.2, 0.25) is 0 Å². The van der Waals surface area contributed by atoms with E-state index in [1.54, 1.807) is 49.4 Å². The second-order valence-corrected chi connectivity index (χ2v) is 7.51. The molecule has 2 aromatic carbocycles.